The average Bonchev–Trinajstić information content (AvgIpc) is 2.86. The van der Waals surface area contributed by atoms with Crippen molar-refractivity contribution in [2.24, 2.45) is 0 Å². The third-order valence-corrected chi connectivity index (χ3v) is 5.16. The van der Waals surface area contributed by atoms with Gasteiger partial charge in [-0.2, -0.15) is 0 Å². The number of hydrogen-bond acceptors (Lipinski definition) is 4. The highest BCUT2D eigenvalue weighted by Gasteiger charge is 2.17. The minimum atomic E-state index is -0.876. The molecule has 3 nitrogen and oxygen atoms in total. The zero-order valence-corrected chi connectivity index (χ0v) is 14.3. The molecule has 0 aliphatic carbocycles. The van der Waals surface area contributed by atoms with Crippen LogP contribution in [0.25, 0.3) is 0 Å². The van der Waals surface area contributed by atoms with Crippen LogP contribution in [-0.2, 0) is 11.2 Å². The van der Waals surface area contributed by atoms with Crippen molar-refractivity contribution in [1.29, 1.82) is 0 Å². The topological polar surface area (TPSA) is 50.2 Å². The van der Waals surface area contributed by atoms with E-state index in [1.165, 1.54) is 0 Å². The summed E-state index contributed by atoms with van der Waals surface area (Å²) in [7, 11) is 0. The van der Waals surface area contributed by atoms with Gasteiger partial charge in [-0.1, -0.05) is 26.8 Å². The SMILES string of the molecule is Cc1ccc(SCc2nc(C(C)(C)C)cs2)cc1C(=O)O. The van der Waals surface area contributed by atoms with Crippen LogP contribution in [0.5, 0.6) is 0 Å². The number of carboxylic acid groups (broad SMARTS) is 1. The van der Waals surface area contributed by atoms with E-state index in [2.05, 4.69) is 31.1 Å². The molecule has 112 valence electrons. The highest BCUT2D eigenvalue weighted by Crippen LogP contribution is 2.29. The van der Waals surface area contributed by atoms with Crippen molar-refractivity contribution in [3.05, 3.63) is 45.4 Å². The third kappa shape index (κ3) is 4.08. The summed E-state index contributed by atoms with van der Waals surface area (Å²) in [4.78, 5) is 16.8. The second-order valence-electron chi connectivity index (χ2n) is 5.95. The maximum atomic E-state index is 11.1. The lowest BCUT2D eigenvalue weighted by molar-refractivity contribution is 0.0696. The van der Waals surface area contributed by atoms with Crippen molar-refractivity contribution in [2.45, 2.75) is 43.8 Å². The monoisotopic (exact) mass is 321 g/mol. The van der Waals surface area contributed by atoms with Crippen molar-refractivity contribution in [3.63, 3.8) is 0 Å². The van der Waals surface area contributed by atoms with Gasteiger partial charge < -0.3 is 5.11 Å². The van der Waals surface area contributed by atoms with Crippen molar-refractivity contribution < 1.29 is 9.90 Å². The van der Waals surface area contributed by atoms with Gasteiger partial charge in [0.1, 0.15) is 5.01 Å². The van der Waals surface area contributed by atoms with E-state index in [9.17, 15) is 4.79 Å². The summed E-state index contributed by atoms with van der Waals surface area (Å²) in [5.41, 5.74) is 2.34. The number of benzene rings is 1. The second kappa shape index (κ2) is 6.20. The number of aryl methyl sites for hydroxylation is 1. The summed E-state index contributed by atoms with van der Waals surface area (Å²) in [6.45, 7) is 8.27. The molecule has 21 heavy (non-hydrogen) atoms. The molecule has 0 spiro atoms. The van der Waals surface area contributed by atoms with Crippen LogP contribution in [0.2, 0.25) is 0 Å². The van der Waals surface area contributed by atoms with Crippen LogP contribution >= 0.6 is 23.1 Å². The van der Waals surface area contributed by atoms with E-state index >= 15 is 0 Å². The van der Waals surface area contributed by atoms with Crippen molar-refractivity contribution in [3.8, 4) is 0 Å². The van der Waals surface area contributed by atoms with E-state index in [-0.39, 0.29) is 5.41 Å². The first-order chi connectivity index (χ1) is 9.77. The van der Waals surface area contributed by atoms with Gasteiger partial charge in [0.05, 0.1) is 17.0 Å². The Morgan fingerprint density at radius 1 is 1.38 bits per heavy atom. The Bertz CT molecular complexity index is 657. The Labute approximate surface area is 133 Å². The number of thioether (sulfide) groups is 1. The number of carbonyl (C=O) groups is 1. The largest absolute Gasteiger partial charge is 0.478 e. The summed E-state index contributed by atoms with van der Waals surface area (Å²) in [6, 6.07) is 5.56. The van der Waals surface area contributed by atoms with E-state index < -0.39 is 5.97 Å². The maximum Gasteiger partial charge on any atom is 0.335 e. The van der Waals surface area contributed by atoms with Gasteiger partial charge in [0.25, 0.3) is 0 Å². The first kappa shape index (κ1) is 16.0. The van der Waals surface area contributed by atoms with E-state index in [1.807, 2.05) is 19.1 Å². The Kier molecular flexibility index (Phi) is 4.74. The number of nitrogens with zero attached hydrogens (tertiary/aromatic N) is 1. The quantitative estimate of drug-likeness (QED) is 0.826. The van der Waals surface area contributed by atoms with E-state index in [0.29, 0.717) is 5.56 Å². The molecule has 0 fully saturated rings. The molecule has 1 aromatic heterocycles. The van der Waals surface area contributed by atoms with Crippen molar-refractivity contribution in [1.82, 2.24) is 4.98 Å². The molecule has 0 saturated heterocycles. The lowest BCUT2D eigenvalue weighted by atomic mass is 9.93. The van der Waals surface area contributed by atoms with Gasteiger partial charge in [0, 0.05) is 15.7 Å². The van der Waals surface area contributed by atoms with Crippen molar-refractivity contribution in [2.75, 3.05) is 0 Å². The lowest BCUT2D eigenvalue weighted by Crippen LogP contribution is -2.11. The highest BCUT2D eigenvalue weighted by molar-refractivity contribution is 7.98. The predicted molar refractivity (Wildman–Crippen MR) is 88.5 cm³/mol. The van der Waals surface area contributed by atoms with Crippen LogP contribution in [0.3, 0.4) is 0 Å². The number of rotatable bonds is 4. The smallest absolute Gasteiger partial charge is 0.335 e. The molecule has 0 bridgehead atoms. The number of aromatic nitrogens is 1. The van der Waals surface area contributed by atoms with Crippen LogP contribution in [-0.4, -0.2) is 16.1 Å². The summed E-state index contributed by atoms with van der Waals surface area (Å²) < 4.78 is 0. The zero-order valence-electron chi connectivity index (χ0n) is 12.6. The minimum absolute atomic E-state index is 0.0692. The number of thiazole rings is 1. The first-order valence-corrected chi connectivity index (χ1v) is 8.55. The van der Waals surface area contributed by atoms with Crippen LogP contribution in [0.4, 0.5) is 0 Å². The molecule has 1 N–H and O–H groups in total. The fraction of sp³-hybridized carbons (Fsp3) is 0.375. The molecular weight excluding hydrogens is 302 g/mol. The molecule has 1 heterocycles. The van der Waals surface area contributed by atoms with Gasteiger partial charge in [-0.15, -0.1) is 23.1 Å². The fourth-order valence-electron chi connectivity index (χ4n) is 1.79. The molecule has 2 aromatic rings. The predicted octanol–water partition coefficient (Wildman–Crippen LogP) is 4.74. The van der Waals surface area contributed by atoms with Crippen LogP contribution in [0.1, 0.15) is 47.4 Å². The normalized spacial score (nSPS) is 11.6. The molecule has 0 aliphatic heterocycles. The maximum absolute atomic E-state index is 11.1. The van der Waals surface area contributed by atoms with Gasteiger partial charge in [-0.3, -0.25) is 0 Å². The molecule has 0 unspecified atom stereocenters. The molecule has 0 radical (unpaired) electrons. The van der Waals surface area contributed by atoms with Gasteiger partial charge in [-0.05, 0) is 24.6 Å². The first-order valence-electron chi connectivity index (χ1n) is 6.69. The number of aromatic carboxylic acids is 1. The fourth-order valence-corrected chi connectivity index (χ4v) is 3.76. The van der Waals surface area contributed by atoms with E-state index in [0.717, 1.165) is 26.9 Å². The zero-order chi connectivity index (χ0) is 15.6. The third-order valence-electron chi connectivity index (χ3n) is 3.12. The van der Waals surface area contributed by atoms with Crippen molar-refractivity contribution >= 4 is 29.1 Å². The summed E-state index contributed by atoms with van der Waals surface area (Å²) in [5, 5.41) is 12.3. The Morgan fingerprint density at radius 2 is 2.10 bits per heavy atom. The van der Waals surface area contributed by atoms with Gasteiger partial charge in [-0.25, -0.2) is 9.78 Å². The average molecular weight is 321 g/mol. The Hall–Kier alpha value is -1.33. The van der Waals surface area contributed by atoms with E-state index in [4.69, 9.17) is 5.11 Å². The second-order valence-corrected chi connectivity index (χ2v) is 7.94. The molecule has 5 heteroatoms. The standard InChI is InChI=1S/C16H19NO2S2/c1-10-5-6-11(7-12(10)15(18)19)20-9-14-17-13(8-21-14)16(2,3)4/h5-8H,9H2,1-4H3,(H,18,19). The Balaban J connectivity index is 2.08. The van der Waals surface area contributed by atoms with Gasteiger partial charge >= 0.3 is 5.97 Å². The minimum Gasteiger partial charge on any atom is -0.478 e. The van der Waals surface area contributed by atoms with Crippen LogP contribution < -0.4 is 0 Å². The molecule has 0 saturated carbocycles. The number of hydrogen-bond donors (Lipinski definition) is 1. The van der Waals surface area contributed by atoms with Gasteiger partial charge in [0.15, 0.2) is 0 Å². The Morgan fingerprint density at radius 3 is 2.67 bits per heavy atom. The lowest BCUT2D eigenvalue weighted by Gasteiger charge is -2.14. The van der Waals surface area contributed by atoms with E-state index in [1.54, 1.807) is 29.2 Å². The molecular formula is C16H19NO2S2. The molecule has 2 rings (SSSR count). The number of carboxylic acids is 1. The van der Waals surface area contributed by atoms with Crippen LogP contribution in [0, 0.1) is 6.92 Å². The molecule has 0 amide bonds. The molecule has 1 aromatic carbocycles. The van der Waals surface area contributed by atoms with Gasteiger partial charge in [0.2, 0.25) is 0 Å². The van der Waals surface area contributed by atoms with Crippen LogP contribution in [0.15, 0.2) is 28.5 Å². The highest BCUT2D eigenvalue weighted by atomic mass is 32.2. The summed E-state index contributed by atoms with van der Waals surface area (Å²) >= 11 is 3.28. The molecule has 0 atom stereocenters. The summed E-state index contributed by atoms with van der Waals surface area (Å²) in [6.07, 6.45) is 0. The molecule has 0 aliphatic rings. The summed E-state index contributed by atoms with van der Waals surface area (Å²) in [5.74, 6) is -0.109.